The molecule has 0 unspecified atom stereocenters. The Bertz CT molecular complexity index is 3280. The third-order valence-corrected chi connectivity index (χ3v) is 11.7. The highest BCUT2D eigenvalue weighted by atomic mass is 32.1. The molecule has 52 heavy (non-hydrogen) atoms. The van der Waals surface area contributed by atoms with Crippen molar-refractivity contribution in [3.05, 3.63) is 158 Å². The van der Waals surface area contributed by atoms with Crippen LogP contribution < -0.4 is 4.74 Å². The lowest BCUT2D eigenvalue weighted by Crippen LogP contribution is -2.07. The number of ether oxygens (including phenoxy) is 1. The quantitative estimate of drug-likeness (QED) is 0.186. The molecule has 6 heteroatoms. The van der Waals surface area contributed by atoms with Crippen LogP contribution in [0.2, 0.25) is 0 Å². The van der Waals surface area contributed by atoms with Crippen LogP contribution in [-0.2, 0) is 0 Å². The van der Waals surface area contributed by atoms with E-state index in [9.17, 15) is 0 Å². The molecule has 1 aliphatic heterocycles. The Morgan fingerprint density at radius 3 is 2.25 bits per heavy atom. The van der Waals surface area contributed by atoms with Gasteiger partial charge in [0.15, 0.2) is 17.3 Å². The highest BCUT2D eigenvalue weighted by Gasteiger charge is 2.29. The first-order valence-electron chi connectivity index (χ1n) is 17.4. The van der Waals surface area contributed by atoms with Gasteiger partial charge in [-0.2, -0.15) is 0 Å². The monoisotopic (exact) mass is 682 g/mol. The number of thiophene rings is 1. The molecular weight excluding hydrogens is 657 g/mol. The van der Waals surface area contributed by atoms with Gasteiger partial charge in [-0.15, -0.1) is 11.3 Å². The number of benzene rings is 7. The summed E-state index contributed by atoms with van der Waals surface area (Å²) in [6.07, 6.45) is 0. The minimum Gasteiger partial charge on any atom is -0.453 e. The summed E-state index contributed by atoms with van der Waals surface area (Å²) in [6, 6.07) is 55.7. The maximum absolute atomic E-state index is 6.47. The zero-order valence-corrected chi connectivity index (χ0v) is 28.4. The molecule has 1 aliphatic rings. The molecule has 0 amide bonds. The molecule has 0 radical (unpaired) electrons. The summed E-state index contributed by atoms with van der Waals surface area (Å²) in [4.78, 5) is 10.7. The molecule has 0 spiro atoms. The predicted molar refractivity (Wildman–Crippen MR) is 215 cm³/mol. The Labute approximate surface area is 301 Å². The molecule has 11 aromatic rings. The van der Waals surface area contributed by atoms with E-state index in [0.717, 1.165) is 77.4 Å². The standard InChI is InChI=1S/C46H26N4OS/c1-2-13-31(14-3-1)49-36-26-30(23-24-32(36)40-34-16-10-19-38-43(34)50(46(40)49)35-17-7-8-18-37(35)51-38)45-47-41(29-22-21-27-11-4-5-12-28(27)25-29)44-42(48-45)33-15-6-9-20-39(33)52-44/h1-26H. The topological polar surface area (TPSA) is 44.9 Å². The predicted octanol–water partition coefficient (Wildman–Crippen LogP) is 12.5. The highest BCUT2D eigenvalue weighted by Crippen LogP contribution is 2.49. The number of hydrogen-bond donors (Lipinski definition) is 0. The van der Waals surface area contributed by atoms with Gasteiger partial charge in [-0.3, -0.25) is 9.13 Å². The molecule has 0 saturated heterocycles. The van der Waals surface area contributed by atoms with E-state index in [0.29, 0.717) is 5.82 Å². The SMILES string of the molecule is c1ccc(-n2c3cc(-c4nc(-c5ccc6ccccc6c5)c5sc6ccccc6c5n4)ccc3c3c4cccc5c4n(c32)-c2ccccc2O5)cc1. The van der Waals surface area contributed by atoms with Gasteiger partial charge in [0.2, 0.25) is 0 Å². The summed E-state index contributed by atoms with van der Waals surface area (Å²) in [7, 11) is 0. The molecule has 0 saturated carbocycles. The van der Waals surface area contributed by atoms with Gasteiger partial charge in [0.05, 0.1) is 32.6 Å². The number of hydrogen-bond acceptors (Lipinski definition) is 4. The van der Waals surface area contributed by atoms with Crippen molar-refractivity contribution in [1.82, 2.24) is 19.1 Å². The minimum absolute atomic E-state index is 0.710. The summed E-state index contributed by atoms with van der Waals surface area (Å²) in [5.74, 6) is 2.42. The van der Waals surface area contributed by atoms with Crippen molar-refractivity contribution in [2.24, 2.45) is 0 Å². The number of rotatable bonds is 3. The van der Waals surface area contributed by atoms with Crippen LogP contribution in [0.5, 0.6) is 11.5 Å². The molecule has 242 valence electrons. The minimum atomic E-state index is 0.710. The Kier molecular flexibility index (Phi) is 5.59. The van der Waals surface area contributed by atoms with E-state index in [-0.39, 0.29) is 0 Å². The van der Waals surface area contributed by atoms with E-state index in [1.165, 1.54) is 26.2 Å². The van der Waals surface area contributed by atoms with E-state index in [1.54, 1.807) is 11.3 Å². The van der Waals surface area contributed by atoms with Crippen molar-refractivity contribution in [2.45, 2.75) is 0 Å². The fourth-order valence-electron chi connectivity index (χ4n) is 8.21. The van der Waals surface area contributed by atoms with Gasteiger partial charge >= 0.3 is 0 Å². The van der Waals surface area contributed by atoms with E-state index in [1.807, 2.05) is 12.1 Å². The molecular formula is C46H26N4OS. The number of para-hydroxylation sites is 4. The Morgan fingerprint density at radius 1 is 0.538 bits per heavy atom. The summed E-state index contributed by atoms with van der Waals surface area (Å²) in [6.45, 7) is 0. The van der Waals surface area contributed by atoms with Gasteiger partial charge in [-0.05, 0) is 59.3 Å². The zero-order chi connectivity index (χ0) is 33.9. The van der Waals surface area contributed by atoms with E-state index in [4.69, 9.17) is 14.7 Å². The van der Waals surface area contributed by atoms with Gasteiger partial charge < -0.3 is 4.74 Å². The lowest BCUT2D eigenvalue weighted by Gasteiger charge is -2.21. The fourth-order valence-corrected chi connectivity index (χ4v) is 9.36. The average Bonchev–Trinajstić information content (AvgIpc) is 3.86. The first-order valence-corrected chi connectivity index (χ1v) is 18.2. The second-order valence-electron chi connectivity index (χ2n) is 13.4. The Hall–Kier alpha value is -6.76. The smallest absolute Gasteiger partial charge is 0.160 e. The van der Waals surface area contributed by atoms with E-state index < -0.39 is 0 Å². The first-order chi connectivity index (χ1) is 25.8. The van der Waals surface area contributed by atoms with Crippen molar-refractivity contribution >= 4 is 75.3 Å². The molecule has 7 aromatic carbocycles. The molecule has 5 nitrogen and oxygen atoms in total. The summed E-state index contributed by atoms with van der Waals surface area (Å²) in [5.41, 5.74) is 9.40. The van der Waals surface area contributed by atoms with Gasteiger partial charge in [0.1, 0.15) is 5.65 Å². The molecule has 12 rings (SSSR count). The number of fused-ring (bicyclic) bond motifs is 11. The highest BCUT2D eigenvalue weighted by molar-refractivity contribution is 7.26. The summed E-state index contributed by atoms with van der Waals surface area (Å²) >= 11 is 1.76. The summed E-state index contributed by atoms with van der Waals surface area (Å²) in [5, 5.41) is 7.08. The molecule has 0 aliphatic carbocycles. The largest absolute Gasteiger partial charge is 0.453 e. The van der Waals surface area contributed by atoms with Crippen LogP contribution in [0, 0.1) is 0 Å². The molecule has 5 heterocycles. The van der Waals surface area contributed by atoms with Crippen molar-refractivity contribution < 1.29 is 4.74 Å². The Balaban J connectivity index is 1.18. The van der Waals surface area contributed by atoms with Gasteiger partial charge in [0.25, 0.3) is 0 Å². The molecule has 4 aromatic heterocycles. The molecule has 0 fully saturated rings. The van der Waals surface area contributed by atoms with Gasteiger partial charge in [0, 0.05) is 43.1 Å². The van der Waals surface area contributed by atoms with Crippen molar-refractivity contribution in [3.63, 3.8) is 0 Å². The van der Waals surface area contributed by atoms with Crippen LogP contribution in [0.3, 0.4) is 0 Å². The van der Waals surface area contributed by atoms with Gasteiger partial charge in [-0.1, -0.05) is 109 Å². The van der Waals surface area contributed by atoms with E-state index in [2.05, 4.69) is 155 Å². The number of aromatic nitrogens is 4. The molecule has 0 bridgehead atoms. The van der Waals surface area contributed by atoms with Gasteiger partial charge in [-0.25, -0.2) is 9.97 Å². The summed E-state index contributed by atoms with van der Waals surface area (Å²) < 4.78 is 13.5. The first kappa shape index (κ1) is 28.0. The average molecular weight is 683 g/mol. The molecule has 0 atom stereocenters. The zero-order valence-electron chi connectivity index (χ0n) is 27.6. The maximum Gasteiger partial charge on any atom is 0.160 e. The lowest BCUT2D eigenvalue weighted by atomic mass is 10.0. The van der Waals surface area contributed by atoms with Crippen LogP contribution in [0.25, 0.3) is 97.9 Å². The fraction of sp³-hybridized carbons (Fsp3) is 0. The van der Waals surface area contributed by atoms with Crippen molar-refractivity contribution in [3.8, 4) is 45.5 Å². The second kappa shape index (κ2) is 10.4. The maximum atomic E-state index is 6.47. The van der Waals surface area contributed by atoms with Crippen LogP contribution in [0.1, 0.15) is 0 Å². The second-order valence-corrected chi connectivity index (χ2v) is 14.4. The molecule has 0 N–H and O–H groups in total. The van der Waals surface area contributed by atoms with Crippen LogP contribution in [0.15, 0.2) is 158 Å². The Morgan fingerprint density at radius 2 is 1.31 bits per heavy atom. The third-order valence-electron chi connectivity index (χ3n) is 10.5. The van der Waals surface area contributed by atoms with Crippen LogP contribution >= 0.6 is 11.3 Å². The lowest BCUT2D eigenvalue weighted by molar-refractivity contribution is 0.476. The normalized spacial score (nSPS) is 12.4. The van der Waals surface area contributed by atoms with E-state index >= 15 is 0 Å². The van der Waals surface area contributed by atoms with Crippen LogP contribution in [0.4, 0.5) is 0 Å². The van der Waals surface area contributed by atoms with Crippen molar-refractivity contribution in [2.75, 3.05) is 0 Å². The van der Waals surface area contributed by atoms with Crippen molar-refractivity contribution in [1.29, 1.82) is 0 Å². The van der Waals surface area contributed by atoms with Crippen LogP contribution in [-0.4, -0.2) is 19.1 Å². The number of nitrogens with zero attached hydrogens (tertiary/aromatic N) is 4. The third kappa shape index (κ3) is 3.81.